The predicted octanol–water partition coefficient (Wildman–Crippen LogP) is 7.73. The van der Waals surface area contributed by atoms with E-state index in [1.54, 1.807) is 30.8 Å². The third-order valence-corrected chi connectivity index (χ3v) is 9.31. The van der Waals surface area contributed by atoms with Crippen molar-refractivity contribution < 1.29 is 32.9 Å². The Labute approximate surface area is 326 Å². The molecule has 6 rings (SSSR count). The summed E-state index contributed by atoms with van der Waals surface area (Å²) in [6.07, 6.45) is 3.17. The van der Waals surface area contributed by atoms with Gasteiger partial charge in [0.2, 0.25) is 0 Å². The van der Waals surface area contributed by atoms with E-state index in [1.807, 2.05) is 75.4 Å². The van der Waals surface area contributed by atoms with Crippen molar-refractivity contribution in [2.75, 3.05) is 32.2 Å². The van der Waals surface area contributed by atoms with Gasteiger partial charge in [-0.25, -0.2) is 13.9 Å². The molecular formula is C43H50FN5O7. The topological polar surface area (TPSA) is 138 Å². The molecule has 0 saturated carbocycles. The standard InChI is InChI=1S/C43H50FN5O7/c1-28-20-37(36(41(50)46-28)22-29-10-8-12-34(21-29)52-5)56-27-30-15-16-32(44)23-31(30)26-45-42(51)47-39-25-38(43(2,3)4)48-49(39)33-11-9-13-35(24-33)53-18-19-55-40-14-6-7-17-54-40/h8-13,15-16,20-21,23-25,40H,6-7,14,17-19,22,26-27H2,1-5H3,(H,46,50)(H2,45,47,51). The van der Waals surface area contributed by atoms with Crippen molar-refractivity contribution in [3.05, 3.63) is 129 Å². The lowest BCUT2D eigenvalue weighted by molar-refractivity contribution is -0.165. The van der Waals surface area contributed by atoms with Gasteiger partial charge in [-0.1, -0.05) is 45.0 Å². The number of aryl methyl sites for hydroxylation is 1. The van der Waals surface area contributed by atoms with Crippen molar-refractivity contribution in [2.45, 2.75) is 78.2 Å². The first-order chi connectivity index (χ1) is 26.9. The van der Waals surface area contributed by atoms with E-state index in [0.717, 1.165) is 37.1 Å². The maximum Gasteiger partial charge on any atom is 0.320 e. The Hall–Kier alpha value is -5.66. The summed E-state index contributed by atoms with van der Waals surface area (Å²) in [5, 5.41) is 10.6. The number of anilines is 1. The molecule has 5 aromatic rings. The molecule has 3 aromatic carbocycles. The van der Waals surface area contributed by atoms with Crippen molar-refractivity contribution in [2.24, 2.45) is 0 Å². The number of methoxy groups -OCH3 is 1. The number of carbonyl (C=O) groups is 1. The lowest BCUT2D eigenvalue weighted by atomic mass is 9.92. The van der Waals surface area contributed by atoms with E-state index in [4.69, 9.17) is 28.8 Å². The van der Waals surface area contributed by atoms with E-state index < -0.39 is 11.8 Å². The number of nitrogens with one attached hydrogen (secondary N) is 3. The van der Waals surface area contributed by atoms with Crippen LogP contribution in [0.15, 0.2) is 83.7 Å². The lowest BCUT2D eigenvalue weighted by Crippen LogP contribution is -2.29. The molecule has 12 nitrogen and oxygen atoms in total. The Morgan fingerprint density at radius 2 is 1.80 bits per heavy atom. The third kappa shape index (κ3) is 10.8. The van der Waals surface area contributed by atoms with E-state index in [0.29, 0.717) is 70.8 Å². The van der Waals surface area contributed by atoms with Gasteiger partial charge < -0.3 is 34.0 Å². The van der Waals surface area contributed by atoms with Crippen LogP contribution in [0.4, 0.5) is 15.0 Å². The van der Waals surface area contributed by atoms with Crippen LogP contribution in [-0.2, 0) is 34.5 Å². The molecule has 1 fully saturated rings. The van der Waals surface area contributed by atoms with Gasteiger partial charge in [0.1, 0.15) is 42.1 Å². The number of pyridine rings is 1. The van der Waals surface area contributed by atoms with Gasteiger partial charge in [-0.2, -0.15) is 5.10 Å². The number of halogens is 1. The van der Waals surface area contributed by atoms with Crippen LogP contribution in [0.3, 0.4) is 0 Å². The van der Waals surface area contributed by atoms with E-state index in [1.165, 1.54) is 12.1 Å². The number of nitrogens with zero attached hydrogens (tertiary/aromatic N) is 2. The normalized spacial score (nSPS) is 14.3. The van der Waals surface area contributed by atoms with Crippen LogP contribution in [0.2, 0.25) is 0 Å². The Morgan fingerprint density at radius 1 is 0.982 bits per heavy atom. The molecule has 0 bridgehead atoms. The molecule has 296 valence electrons. The number of aromatic nitrogens is 3. The zero-order valence-corrected chi connectivity index (χ0v) is 32.6. The molecular weight excluding hydrogens is 717 g/mol. The predicted molar refractivity (Wildman–Crippen MR) is 211 cm³/mol. The van der Waals surface area contributed by atoms with Crippen LogP contribution in [0, 0.1) is 12.7 Å². The van der Waals surface area contributed by atoms with Crippen LogP contribution in [0.1, 0.15) is 73.7 Å². The molecule has 3 heterocycles. The molecule has 2 amide bonds. The molecule has 1 atom stereocenters. The molecule has 0 radical (unpaired) electrons. The Bertz CT molecular complexity index is 2170. The lowest BCUT2D eigenvalue weighted by Gasteiger charge is -2.22. The summed E-state index contributed by atoms with van der Waals surface area (Å²) < 4.78 is 45.2. The fourth-order valence-corrected chi connectivity index (χ4v) is 6.28. The number of ether oxygens (including phenoxy) is 5. The minimum atomic E-state index is -0.511. The van der Waals surface area contributed by atoms with E-state index in [9.17, 15) is 14.0 Å². The monoisotopic (exact) mass is 767 g/mol. The van der Waals surface area contributed by atoms with E-state index in [-0.39, 0.29) is 30.4 Å². The second kappa shape index (κ2) is 18.3. The highest BCUT2D eigenvalue weighted by Gasteiger charge is 2.22. The van der Waals surface area contributed by atoms with Crippen LogP contribution in [0.25, 0.3) is 5.69 Å². The maximum absolute atomic E-state index is 14.6. The highest BCUT2D eigenvalue weighted by molar-refractivity contribution is 5.88. The summed E-state index contributed by atoms with van der Waals surface area (Å²) in [4.78, 5) is 29.4. The van der Waals surface area contributed by atoms with E-state index >= 15 is 0 Å². The first kappa shape index (κ1) is 40.0. The summed E-state index contributed by atoms with van der Waals surface area (Å²) >= 11 is 0. The van der Waals surface area contributed by atoms with Crippen LogP contribution < -0.4 is 30.4 Å². The van der Waals surface area contributed by atoms with Gasteiger partial charge >= 0.3 is 6.03 Å². The number of aromatic amines is 1. The molecule has 13 heteroatoms. The number of H-pyrrole nitrogens is 1. The largest absolute Gasteiger partial charge is 0.497 e. The van der Waals surface area contributed by atoms with E-state index in [2.05, 4.69) is 15.6 Å². The molecule has 1 saturated heterocycles. The highest BCUT2D eigenvalue weighted by Crippen LogP contribution is 2.28. The van der Waals surface area contributed by atoms with Gasteiger partial charge in [-0.05, 0) is 85.3 Å². The number of amides is 2. The number of hydrogen-bond acceptors (Lipinski definition) is 8. The summed E-state index contributed by atoms with van der Waals surface area (Å²) in [7, 11) is 1.59. The average molecular weight is 768 g/mol. The number of urea groups is 1. The van der Waals surface area contributed by atoms with Crippen molar-refractivity contribution >= 4 is 11.8 Å². The number of carbonyl (C=O) groups excluding carboxylic acids is 1. The zero-order chi connectivity index (χ0) is 39.7. The molecule has 0 spiro atoms. The zero-order valence-electron chi connectivity index (χ0n) is 32.6. The average Bonchev–Trinajstić information content (AvgIpc) is 3.61. The number of hydrogen-bond donors (Lipinski definition) is 3. The maximum atomic E-state index is 14.6. The van der Waals surface area contributed by atoms with Gasteiger partial charge in [0, 0.05) is 42.8 Å². The quantitative estimate of drug-likeness (QED) is 0.0921. The van der Waals surface area contributed by atoms with Crippen molar-refractivity contribution in [3.63, 3.8) is 0 Å². The summed E-state index contributed by atoms with van der Waals surface area (Å²) in [6.45, 7) is 9.41. The van der Waals surface area contributed by atoms with Gasteiger partial charge in [0.25, 0.3) is 5.56 Å². The minimum absolute atomic E-state index is 0.00487. The summed E-state index contributed by atoms with van der Waals surface area (Å²) in [5.41, 5.74) is 4.02. The fraction of sp³-hybridized carbons (Fsp3) is 0.372. The van der Waals surface area contributed by atoms with Crippen molar-refractivity contribution in [3.8, 4) is 22.9 Å². The van der Waals surface area contributed by atoms with Gasteiger partial charge in [-0.15, -0.1) is 0 Å². The summed E-state index contributed by atoms with van der Waals surface area (Å²) in [6, 6.07) is 22.3. The number of benzene rings is 3. The van der Waals surface area contributed by atoms with Crippen molar-refractivity contribution in [1.29, 1.82) is 0 Å². The molecule has 1 unspecified atom stereocenters. The molecule has 1 aliphatic heterocycles. The van der Waals surface area contributed by atoms with Gasteiger partial charge in [0.05, 0.1) is 30.7 Å². The van der Waals surface area contributed by atoms with Gasteiger partial charge in [-0.3, -0.25) is 10.1 Å². The van der Waals surface area contributed by atoms with Crippen LogP contribution in [-0.4, -0.2) is 54.0 Å². The molecule has 2 aromatic heterocycles. The van der Waals surface area contributed by atoms with Crippen LogP contribution in [0.5, 0.6) is 17.2 Å². The smallest absolute Gasteiger partial charge is 0.320 e. The Balaban J connectivity index is 1.13. The third-order valence-electron chi connectivity index (χ3n) is 9.31. The molecule has 3 N–H and O–H groups in total. The molecule has 0 aliphatic carbocycles. The van der Waals surface area contributed by atoms with Crippen molar-refractivity contribution in [1.82, 2.24) is 20.1 Å². The fourth-order valence-electron chi connectivity index (χ4n) is 6.28. The Kier molecular flexibility index (Phi) is 13.1. The molecule has 56 heavy (non-hydrogen) atoms. The SMILES string of the molecule is COc1cccc(Cc2c(OCc3ccc(F)cc3CNC(=O)Nc3cc(C(C)(C)C)nn3-c3cccc(OCCOC4CCCCO4)c3)cc(C)[nH]c2=O)c1. The van der Waals surface area contributed by atoms with Gasteiger partial charge in [0.15, 0.2) is 6.29 Å². The molecule has 1 aliphatic rings. The second-order valence-corrected chi connectivity index (χ2v) is 14.8. The number of rotatable bonds is 15. The minimum Gasteiger partial charge on any atom is -0.497 e. The first-order valence-corrected chi connectivity index (χ1v) is 18.8. The highest BCUT2D eigenvalue weighted by atomic mass is 19.1. The first-order valence-electron chi connectivity index (χ1n) is 18.8. The summed E-state index contributed by atoms with van der Waals surface area (Å²) in [5.74, 6) is 1.71. The Morgan fingerprint density at radius 3 is 2.59 bits per heavy atom. The second-order valence-electron chi connectivity index (χ2n) is 14.8. The van der Waals surface area contributed by atoms with Crippen LogP contribution >= 0.6 is 0 Å².